The van der Waals surface area contributed by atoms with Gasteiger partial charge in [-0.25, -0.2) is 5.48 Å². The van der Waals surface area contributed by atoms with Gasteiger partial charge in [-0.15, -0.1) is 0 Å². The van der Waals surface area contributed by atoms with Crippen molar-refractivity contribution in [1.29, 1.82) is 0 Å². The average Bonchev–Trinajstić information content (AvgIpc) is 2.53. The van der Waals surface area contributed by atoms with Gasteiger partial charge in [0, 0.05) is 12.4 Å². The van der Waals surface area contributed by atoms with Crippen molar-refractivity contribution in [3.8, 4) is 0 Å². The van der Waals surface area contributed by atoms with E-state index in [1.807, 2.05) is 0 Å². The third-order valence-electron chi connectivity index (χ3n) is 1.41. The molecule has 0 aliphatic heterocycles. The maximum Gasteiger partial charge on any atom is 0.267 e. The van der Waals surface area contributed by atoms with Crippen LogP contribution in [0, 0.1) is 0 Å². The van der Waals surface area contributed by atoms with Crippen molar-refractivity contribution in [2.75, 3.05) is 0 Å². The van der Waals surface area contributed by atoms with Crippen molar-refractivity contribution >= 4 is 5.91 Å². The number of hydrogen-bond acceptors (Lipinski definition) is 3. The second-order valence-electron chi connectivity index (χ2n) is 2.14. The normalized spacial score (nSPS) is 12.5. The molecule has 0 bridgehead atoms. The Morgan fingerprint density at radius 1 is 1.82 bits per heavy atom. The zero-order chi connectivity index (χ0) is 8.27. The van der Waals surface area contributed by atoms with Crippen LogP contribution in [0.3, 0.4) is 0 Å². The van der Waals surface area contributed by atoms with E-state index in [0.717, 1.165) is 0 Å². The lowest BCUT2D eigenvalue weighted by Gasteiger charge is -2.08. The zero-order valence-corrected chi connectivity index (χ0v) is 6.06. The van der Waals surface area contributed by atoms with Gasteiger partial charge in [0.15, 0.2) is 0 Å². The van der Waals surface area contributed by atoms with Gasteiger partial charge in [-0.05, 0) is 13.0 Å². The van der Waals surface area contributed by atoms with Crippen molar-refractivity contribution in [2.24, 2.45) is 0 Å². The first kappa shape index (κ1) is 7.74. The highest BCUT2D eigenvalue weighted by atomic mass is 16.5. The molecule has 60 valence electrons. The number of nitrogens with zero attached hydrogens (tertiary/aromatic N) is 2. The molecule has 2 N–H and O–H groups in total. The average molecular weight is 155 g/mol. The molecule has 0 aliphatic carbocycles. The SMILES string of the molecule is CC(C(=O)NO)n1cccn1. The van der Waals surface area contributed by atoms with Crippen molar-refractivity contribution in [3.63, 3.8) is 0 Å². The van der Waals surface area contributed by atoms with E-state index in [2.05, 4.69) is 5.10 Å². The van der Waals surface area contributed by atoms with Crippen LogP contribution in [0.1, 0.15) is 13.0 Å². The van der Waals surface area contributed by atoms with Crippen molar-refractivity contribution in [2.45, 2.75) is 13.0 Å². The van der Waals surface area contributed by atoms with Crippen LogP contribution in [-0.4, -0.2) is 20.9 Å². The minimum Gasteiger partial charge on any atom is -0.289 e. The molecule has 0 radical (unpaired) electrons. The monoisotopic (exact) mass is 155 g/mol. The van der Waals surface area contributed by atoms with Gasteiger partial charge in [-0.3, -0.25) is 14.7 Å². The lowest BCUT2D eigenvalue weighted by molar-refractivity contribution is -0.132. The van der Waals surface area contributed by atoms with E-state index in [0.29, 0.717) is 0 Å². The Labute approximate surface area is 63.6 Å². The summed E-state index contributed by atoms with van der Waals surface area (Å²) in [5, 5.41) is 12.1. The third kappa shape index (κ3) is 1.56. The van der Waals surface area contributed by atoms with Crippen LogP contribution in [0.4, 0.5) is 0 Å². The summed E-state index contributed by atoms with van der Waals surface area (Å²) in [5.41, 5.74) is 1.55. The quantitative estimate of drug-likeness (QED) is 0.464. The molecule has 0 fully saturated rings. The molecule has 1 aromatic heterocycles. The van der Waals surface area contributed by atoms with Crippen LogP contribution in [0.5, 0.6) is 0 Å². The van der Waals surface area contributed by atoms with E-state index < -0.39 is 11.9 Å². The molecule has 5 heteroatoms. The van der Waals surface area contributed by atoms with E-state index in [-0.39, 0.29) is 0 Å². The van der Waals surface area contributed by atoms with Crippen LogP contribution in [0.15, 0.2) is 18.5 Å². The molecular formula is C6H9N3O2. The topological polar surface area (TPSA) is 67.2 Å². The summed E-state index contributed by atoms with van der Waals surface area (Å²) < 4.78 is 1.45. The highest BCUT2D eigenvalue weighted by molar-refractivity contribution is 5.78. The Kier molecular flexibility index (Phi) is 2.22. The van der Waals surface area contributed by atoms with E-state index in [1.165, 1.54) is 4.68 Å². The van der Waals surface area contributed by atoms with Crippen molar-refractivity contribution < 1.29 is 10.0 Å². The Hall–Kier alpha value is -1.36. The Bertz CT molecular complexity index is 232. The Morgan fingerprint density at radius 3 is 3.00 bits per heavy atom. The van der Waals surface area contributed by atoms with Crippen molar-refractivity contribution in [3.05, 3.63) is 18.5 Å². The number of hydroxylamine groups is 1. The highest BCUT2D eigenvalue weighted by Gasteiger charge is 2.12. The van der Waals surface area contributed by atoms with E-state index in [9.17, 15) is 4.79 Å². The molecule has 0 saturated carbocycles. The zero-order valence-electron chi connectivity index (χ0n) is 6.06. The lowest BCUT2D eigenvalue weighted by Crippen LogP contribution is -2.28. The van der Waals surface area contributed by atoms with Gasteiger partial charge in [-0.1, -0.05) is 0 Å². The first-order valence-electron chi connectivity index (χ1n) is 3.19. The summed E-state index contributed by atoms with van der Waals surface area (Å²) in [5.74, 6) is -0.478. The molecule has 0 aromatic carbocycles. The highest BCUT2D eigenvalue weighted by Crippen LogP contribution is 2.01. The number of hydrogen-bond donors (Lipinski definition) is 2. The van der Waals surface area contributed by atoms with Gasteiger partial charge in [0.2, 0.25) is 0 Å². The van der Waals surface area contributed by atoms with E-state index in [1.54, 1.807) is 30.9 Å². The van der Waals surface area contributed by atoms with Crippen LogP contribution in [0.25, 0.3) is 0 Å². The van der Waals surface area contributed by atoms with E-state index >= 15 is 0 Å². The summed E-state index contributed by atoms with van der Waals surface area (Å²) >= 11 is 0. The van der Waals surface area contributed by atoms with Crippen LogP contribution in [0.2, 0.25) is 0 Å². The van der Waals surface area contributed by atoms with Crippen LogP contribution >= 0.6 is 0 Å². The van der Waals surface area contributed by atoms with Gasteiger partial charge in [0.25, 0.3) is 5.91 Å². The fraction of sp³-hybridized carbons (Fsp3) is 0.333. The molecule has 1 rings (SSSR count). The predicted octanol–water partition coefficient (Wildman–Crippen LogP) is -0.0505. The third-order valence-corrected chi connectivity index (χ3v) is 1.41. The summed E-state index contributed by atoms with van der Waals surface area (Å²) in [7, 11) is 0. The summed E-state index contributed by atoms with van der Waals surface area (Å²) in [4.78, 5) is 10.8. The van der Waals surface area contributed by atoms with Gasteiger partial charge >= 0.3 is 0 Å². The fourth-order valence-corrected chi connectivity index (χ4v) is 0.723. The number of carbonyl (C=O) groups excluding carboxylic acids is 1. The maximum atomic E-state index is 10.8. The van der Waals surface area contributed by atoms with Crippen LogP contribution in [-0.2, 0) is 4.79 Å². The summed E-state index contributed by atoms with van der Waals surface area (Å²) in [6.07, 6.45) is 3.22. The first-order valence-corrected chi connectivity index (χ1v) is 3.19. The summed E-state index contributed by atoms with van der Waals surface area (Å²) in [6, 6.07) is 1.23. The first-order chi connectivity index (χ1) is 5.25. The largest absolute Gasteiger partial charge is 0.289 e. The lowest BCUT2D eigenvalue weighted by atomic mass is 10.3. The predicted molar refractivity (Wildman–Crippen MR) is 36.9 cm³/mol. The molecule has 0 spiro atoms. The van der Waals surface area contributed by atoms with Crippen molar-refractivity contribution in [1.82, 2.24) is 15.3 Å². The minimum absolute atomic E-state index is 0.477. The number of carbonyl (C=O) groups is 1. The number of aromatic nitrogens is 2. The molecule has 11 heavy (non-hydrogen) atoms. The standard InChI is InChI=1S/C6H9N3O2/c1-5(6(10)8-11)9-4-2-3-7-9/h2-5,11H,1H3,(H,8,10). The minimum atomic E-state index is -0.478. The summed E-state index contributed by atoms with van der Waals surface area (Å²) in [6.45, 7) is 1.64. The smallest absolute Gasteiger partial charge is 0.267 e. The molecule has 1 atom stereocenters. The Balaban J connectivity index is 2.70. The molecule has 0 saturated heterocycles. The Morgan fingerprint density at radius 2 is 2.55 bits per heavy atom. The number of amides is 1. The van der Waals surface area contributed by atoms with Gasteiger partial charge in [0.05, 0.1) is 0 Å². The molecule has 1 aromatic rings. The van der Waals surface area contributed by atoms with Gasteiger partial charge in [-0.2, -0.15) is 5.10 Å². The number of rotatable bonds is 2. The maximum absolute atomic E-state index is 10.8. The van der Waals surface area contributed by atoms with Crippen LogP contribution < -0.4 is 5.48 Å². The second kappa shape index (κ2) is 3.16. The molecule has 1 unspecified atom stereocenters. The van der Waals surface area contributed by atoms with Gasteiger partial charge < -0.3 is 0 Å². The molecular weight excluding hydrogens is 146 g/mol. The van der Waals surface area contributed by atoms with E-state index in [4.69, 9.17) is 5.21 Å². The second-order valence-corrected chi connectivity index (χ2v) is 2.14. The molecule has 1 heterocycles. The number of nitrogens with one attached hydrogen (secondary N) is 1. The molecule has 5 nitrogen and oxygen atoms in total. The molecule has 0 aliphatic rings. The fourth-order valence-electron chi connectivity index (χ4n) is 0.723. The molecule has 1 amide bonds. The van der Waals surface area contributed by atoms with Gasteiger partial charge in [0.1, 0.15) is 6.04 Å².